The van der Waals surface area contributed by atoms with E-state index in [4.69, 9.17) is 9.47 Å². The van der Waals surface area contributed by atoms with Crippen LogP contribution in [0.5, 0.6) is 11.5 Å². The van der Waals surface area contributed by atoms with E-state index in [1.54, 1.807) is 14.2 Å². The molecule has 0 aliphatic carbocycles. The Kier molecular flexibility index (Phi) is 5.99. The fourth-order valence-electron chi connectivity index (χ4n) is 2.27. The molecule has 0 spiro atoms. The standard InChI is InChI=1S/C15H25NO2/c1-6-8-13(16-7-2)12-10-15(18-5)14(17-4)9-11(12)3/h9-10,13,16H,6-8H2,1-5H3. The zero-order chi connectivity index (χ0) is 13.5. The van der Waals surface area contributed by atoms with Crippen LogP contribution in [0.1, 0.15) is 43.9 Å². The van der Waals surface area contributed by atoms with Gasteiger partial charge in [-0.1, -0.05) is 20.3 Å². The minimum absolute atomic E-state index is 0.389. The molecule has 18 heavy (non-hydrogen) atoms. The third-order valence-electron chi connectivity index (χ3n) is 3.18. The van der Waals surface area contributed by atoms with Crippen LogP contribution < -0.4 is 14.8 Å². The Morgan fingerprint density at radius 1 is 1.11 bits per heavy atom. The molecule has 0 radical (unpaired) electrons. The molecule has 102 valence electrons. The number of benzene rings is 1. The van der Waals surface area contributed by atoms with Crippen molar-refractivity contribution in [2.75, 3.05) is 20.8 Å². The first-order chi connectivity index (χ1) is 8.67. The molecule has 3 heteroatoms. The van der Waals surface area contributed by atoms with Crippen LogP contribution in [0.4, 0.5) is 0 Å². The second-order valence-electron chi connectivity index (χ2n) is 4.46. The molecule has 1 aromatic rings. The maximum atomic E-state index is 5.39. The van der Waals surface area contributed by atoms with Gasteiger partial charge in [-0.25, -0.2) is 0 Å². The van der Waals surface area contributed by atoms with Crippen molar-refractivity contribution in [3.8, 4) is 11.5 Å². The van der Waals surface area contributed by atoms with Gasteiger partial charge >= 0.3 is 0 Å². The Morgan fingerprint density at radius 3 is 2.22 bits per heavy atom. The fourth-order valence-corrected chi connectivity index (χ4v) is 2.27. The van der Waals surface area contributed by atoms with Crippen molar-refractivity contribution in [2.45, 2.75) is 39.7 Å². The Hall–Kier alpha value is -1.22. The van der Waals surface area contributed by atoms with Crippen molar-refractivity contribution in [3.63, 3.8) is 0 Å². The summed E-state index contributed by atoms with van der Waals surface area (Å²) in [7, 11) is 3.35. The molecule has 0 amide bonds. The van der Waals surface area contributed by atoms with Crippen LogP contribution in [-0.2, 0) is 0 Å². The SMILES string of the molecule is CCCC(NCC)c1cc(OC)c(OC)cc1C. The van der Waals surface area contributed by atoms with E-state index in [0.717, 1.165) is 30.9 Å². The highest BCUT2D eigenvalue weighted by Gasteiger charge is 2.15. The van der Waals surface area contributed by atoms with Crippen molar-refractivity contribution < 1.29 is 9.47 Å². The molecule has 1 atom stereocenters. The lowest BCUT2D eigenvalue weighted by molar-refractivity contribution is 0.353. The first-order valence-corrected chi connectivity index (χ1v) is 6.63. The zero-order valence-electron chi connectivity index (χ0n) is 12.2. The summed E-state index contributed by atoms with van der Waals surface area (Å²) in [6.45, 7) is 7.44. The van der Waals surface area contributed by atoms with Crippen molar-refractivity contribution in [3.05, 3.63) is 23.3 Å². The number of rotatable bonds is 7. The second kappa shape index (κ2) is 7.27. The van der Waals surface area contributed by atoms with E-state index < -0.39 is 0 Å². The maximum Gasteiger partial charge on any atom is 0.161 e. The molecule has 0 aliphatic rings. The fraction of sp³-hybridized carbons (Fsp3) is 0.600. The summed E-state index contributed by atoms with van der Waals surface area (Å²) >= 11 is 0. The summed E-state index contributed by atoms with van der Waals surface area (Å²) in [5.41, 5.74) is 2.54. The van der Waals surface area contributed by atoms with Crippen LogP contribution >= 0.6 is 0 Å². The molecule has 3 nitrogen and oxygen atoms in total. The summed E-state index contributed by atoms with van der Waals surface area (Å²) in [5, 5.41) is 3.53. The molecule has 1 aromatic carbocycles. The largest absolute Gasteiger partial charge is 0.493 e. The molecule has 0 saturated heterocycles. The third kappa shape index (κ3) is 3.39. The van der Waals surface area contributed by atoms with Gasteiger partial charge in [-0.05, 0) is 43.1 Å². The molecule has 0 aromatic heterocycles. The van der Waals surface area contributed by atoms with E-state index in [1.165, 1.54) is 11.1 Å². The molecule has 0 bridgehead atoms. The second-order valence-corrected chi connectivity index (χ2v) is 4.46. The summed E-state index contributed by atoms with van der Waals surface area (Å²) in [4.78, 5) is 0. The highest BCUT2D eigenvalue weighted by atomic mass is 16.5. The monoisotopic (exact) mass is 251 g/mol. The predicted octanol–water partition coefficient (Wildman–Crippen LogP) is 3.46. The summed E-state index contributed by atoms with van der Waals surface area (Å²) in [5.74, 6) is 1.60. The Morgan fingerprint density at radius 2 is 1.72 bits per heavy atom. The lowest BCUT2D eigenvalue weighted by atomic mass is 9.97. The van der Waals surface area contributed by atoms with Gasteiger partial charge in [0.2, 0.25) is 0 Å². The van der Waals surface area contributed by atoms with E-state index in [2.05, 4.69) is 32.2 Å². The predicted molar refractivity (Wildman–Crippen MR) is 75.6 cm³/mol. The van der Waals surface area contributed by atoms with Gasteiger partial charge in [0.1, 0.15) is 0 Å². The average Bonchev–Trinajstić information content (AvgIpc) is 2.38. The van der Waals surface area contributed by atoms with Crippen LogP contribution in [0.15, 0.2) is 12.1 Å². The van der Waals surface area contributed by atoms with E-state index in [1.807, 2.05) is 6.07 Å². The highest BCUT2D eigenvalue weighted by Crippen LogP contribution is 2.34. The molecule has 1 unspecified atom stereocenters. The smallest absolute Gasteiger partial charge is 0.161 e. The molecular weight excluding hydrogens is 226 g/mol. The summed E-state index contributed by atoms with van der Waals surface area (Å²) in [6.07, 6.45) is 2.29. The number of methoxy groups -OCH3 is 2. The van der Waals surface area contributed by atoms with E-state index in [-0.39, 0.29) is 0 Å². The van der Waals surface area contributed by atoms with E-state index in [0.29, 0.717) is 6.04 Å². The molecule has 0 fully saturated rings. The average molecular weight is 251 g/mol. The topological polar surface area (TPSA) is 30.5 Å². The van der Waals surface area contributed by atoms with Gasteiger partial charge < -0.3 is 14.8 Å². The highest BCUT2D eigenvalue weighted by molar-refractivity contribution is 5.48. The molecule has 1 rings (SSSR count). The van der Waals surface area contributed by atoms with Gasteiger partial charge in [-0.3, -0.25) is 0 Å². The van der Waals surface area contributed by atoms with Crippen molar-refractivity contribution >= 4 is 0 Å². The van der Waals surface area contributed by atoms with Gasteiger partial charge in [-0.2, -0.15) is 0 Å². The van der Waals surface area contributed by atoms with Gasteiger partial charge in [0.15, 0.2) is 11.5 Å². The molecule has 0 aliphatic heterocycles. The lowest BCUT2D eigenvalue weighted by Gasteiger charge is -2.21. The van der Waals surface area contributed by atoms with Crippen LogP contribution in [0, 0.1) is 6.92 Å². The number of hydrogen-bond acceptors (Lipinski definition) is 3. The Bertz CT molecular complexity index is 371. The number of ether oxygens (including phenoxy) is 2. The van der Waals surface area contributed by atoms with Crippen LogP contribution in [0.2, 0.25) is 0 Å². The Balaban J connectivity index is 3.12. The number of nitrogens with one attached hydrogen (secondary N) is 1. The molecule has 0 heterocycles. The van der Waals surface area contributed by atoms with Crippen LogP contribution in [0.3, 0.4) is 0 Å². The van der Waals surface area contributed by atoms with E-state index in [9.17, 15) is 0 Å². The number of aryl methyl sites for hydroxylation is 1. The molecule has 1 N–H and O–H groups in total. The summed E-state index contributed by atoms with van der Waals surface area (Å²) in [6, 6.07) is 4.53. The third-order valence-corrected chi connectivity index (χ3v) is 3.18. The van der Waals surface area contributed by atoms with Gasteiger partial charge in [-0.15, -0.1) is 0 Å². The minimum Gasteiger partial charge on any atom is -0.493 e. The minimum atomic E-state index is 0.389. The van der Waals surface area contributed by atoms with Crippen LogP contribution in [-0.4, -0.2) is 20.8 Å². The normalized spacial score (nSPS) is 12.3. The molecular formula is C15H25NO2. The maximum absolute atomic E-state index is 5.39. The first kappa shape index (κ1) is 14.8. The Labute approximate surface area is 110 Å². The van der Waals surface area contributed by atoms with E-state index >= 15 is 0 Å². The quantitative estimate of drug-likeness (QED) is 0.805. The van der Waals surface area contributed by atoms with Crippen molar-refractivity contribution in [2.24, 2.45) is 0 Å². The lowest BCUT2D eigenvalue weighted by Crippen LogP contribution is -2.21. The van der Waals surface area contributed by atoms with Gasteiger partial charge in [0, 0.05) is 6.04 Å². The number of hydrogen-bond donors (Lipinski definition) is 1. The van der Waals surface area contributed by atoms with Crippen molar-refractivity contribution in [1.82, 2.24) is 5.32 Å². The van der Waals surface area contributed by atoms with Gasteiger partial charge in [0.05, 0.1) is 14.2 Å². The van der Waals surface area contributed by atoms with Crippen molar-refractivity contribution in [1.29, 1.82) is 0 Å². The van der Waals surface area contributed by atoms with Crippen LogP contribution in [0.25, 0.3) is 0 Å². The summed E-state index contributed by atoms with van der Waals surface area (Å²) < 4.78 is 10.7. The first-order valence-electron chi connectivity index (χ1n) is 6.63. The van der Waals surface area contributed by atoms with Gasteiger partial charge in [0.25, 0.3) is 0 Å². The molecule has 0 saturated carbocycles. The zero-order valence-corrected chi connectivity index (χ0v) is 12.2.